The summed E-state index contributed by atoms with van der Waals surface area (Å²) in [6.07, 6.45) is 4.05. The van der Waals surface area contributed by atoms with Gasteiger partial charge in [0.25, 0.3) is 0 Å². The van der Waals surface area contributed by atoms with Gasteiger partial charge in [-0.15, -0.1) is 0 Å². The zero-order chi connectivity index (χ0) is 22.7. The third-order valence-corrected chi connectivity index (χ3v) is 7.86. The van der Waals surface area contributed by atoms with Crippen LogP contribution < -0.4 is 0 Å². The molecule has 9 heteroatoms. The maximum Gasteiger partial charge on any atom is 0.311 e. The molecular weight excluding hydrogens is 430 g/mol. The number of ether oxygens (including phenoxy) is 1. The molecule has 1 aromatic carbocycles. The van der Waals surface area contributed by atoms with E-state index in [1.165, 1.54) is 0 Å². The topological polar surface area (TPSA) is 122 Å². The largest absolute Gasteiger partial charge is 0.481 e. The number of aliphatic carboxylic acids is 1. The van der Waals surface area contributed by atoms with Crippen molar-refractivity contribution in [2.75, 3.05) is 19.0 Å². The van der Waals surface area contributed by atoms with Gasteiger partial charge in [-0.3, -0.25) is 4.79 Å². The number of carbonyl (C=O) groups is 1. The molecule has 3 heterocycles. The molecule has 0 aliphatic carbocycles. The van der Waals surface area contributed by atoms with Crippen molar-refractivity contribution in [1.82, 2.24) is 15.0 Å². The Morgan fingerprint density at radius 1 is 1.25 bits per heavy atom. The molecule has 1 unspecified atom stereocenters. The minimum atomic E-state index is -3.24. The standard InChI is InChI=1S/C23H27N3O5S/c1-2-32(29,30)19-5-3-15(4-6-19)20(16-7-9-31-10-8-16)12-18-11-17-14-24-21(13-22(27)28)26-23(17)25-18/h3-6,11,14,16,20H,2,7-10,12-13H2,1H3,(H,27,28)(H,24,25,26). The average Bonchev–Trinajstić information content (AvgIpc) is 3.19. The molecule has 1 aliphatic rings. The van der Waals surface area contributed by atoms with E-state index in [-0.39, 0.29) is 23.9 Å². The third-order valence-electron chi connectivity index (χ3n) is 6.11. The van der Waals surface area contributed by atoms with Crippen LogP contribution in [0.25, 0.3) is 11.0 Å². The Labute approximate surface area is 187 Å². The summed E-state index contributed by atoms with van der Waals surface area (Å²) in [4.78, 5) is 23.1. The Balaban J connectivity index is 1.63. The van der Waals surface area contributed by atoms with Crippen molar-refractivity contribution < 1.29 is 23.1 Å². The molecule has 1 aliphatic heterocycles. The first-order chi connectivity index (χ1) is 15.4. The second kappa shape index (κ2) is 9.38. The maximum absolute atomic E-state index is 12.2. The van der Waals surface area contributed by atoms with Gasteiger partial charge < -0.3 is 14.8 Å². The molecule has 0 amide bonds. The van der Waals surface area contributed by atoms with E-state index in [0.29, 0.717) is 16.5 Å². The molecule has 1 atom stereocenters. The lowest BCUT2D eigenvalue weighted by Gasteiger charge is -2.30. The van der Waals surface area contributed by atoms with Gasteiger partial charge in [0.15, 0.2) is 9.84 Å². The van der Waals surface area contributed by atoms with Crippen molar-refractivity contribution in [3.8, 4) is 0 Å². The van der Waals surface area contributed by atoms with E-state index in [1.54, 1.807) is 25.3 Å². The van der Waals surface area contributed by atoms with E-state index in [1.807, 2.05) is 18.2 Å². The minimum Gasteiger partial charge on any atom is -0.481 e. The fraction of sp³-hybridized carbons (Fsp3) is 0.435. The first-order valence-corrected chi connectivity index (χ1v) is 12.5. The summed E-state index contributed by atoms with van der Waals surface area (Å²) in [5.74, 6) is -0.0130. The van der Waals surface area contributed by atoms with Crippen molar-refractivity contribution in [3.63, 3.8) is 0 Å². The van der Waals surface area contributed by atoms with Gasteiger partial charge in [-0.25, -0.2) is 18.4 Å². The van der Waals surface area contributed by atoms with E-state index in [0.717, 1.165) is 49.1 Å². The van der Waals surface area contributed by atoms with E-state index in [4.69, 9.17) is 9.84 Å². The lowest BCUT2D eigenvalue weighted by Crippen LogP contribution is -2.23. The highest BCUT2D eigenvalue weighted by atomic mass is 32.2. The van der Waals surface area contributed by atoms with Gasteiger partial charge in [-0.05, 0) is 54.9 Å². The van der Waals surface area contributed by atoms with Crippen LogP contribution in [0.1, 0.15) is 42.8 Å². The molecule has 1 saturated heterocycles. The molecule has 2 N–H and O–H groups in total. The highest BCUT2D eigenvalue weighted by Crippen LogP contribution is 2.35. The molecule has 1 fully saturated rings. The van der Waals surface area contributed by atoms with Crippen LogP contribution in [-0.2, 0) is 32.2 Å². The number of aromatic amines is 1. The summed E-state index contributed by atoms with van der Waals surface area (Å²) in [7, 11) is -3.24. The quantitative estimate of drug-likeness (QED) is 0.533. The molecule has 8 nitrogen and oxygen atoms in total. The highest BCUT2D eigenvalue weighted by molar-refractivity contribution is 7.91. The molecule has 2 aromatic heterocycles. The number of benzene rings is 1. The van der Waals surface area contributed by atoms with E-state index >= 15 is 0 Å². The summed E-state index contributed by atoms with van der Waals surface area (Å²) in [6.45, 7) is 3.09. The fourth-order valence-electron chi connectivity index (χ4n) is 4.34. The monoisotopic (exact) mass is 457 g/mol. The van der Waals surface area contributed by atoms with E-state index < -0.39 is 15.8 Å². The van der Waals surface area contributed by atoms with Crippen molar-refractivity contribution in [2.24, 2.45) is 5.92 Å². The number of H-pyrrole nitrogens is 1. The number of carboxylic acids is 1. The number of nitrogens with zero attached hydrogens (tertiary/aromatic N) is 2. The summed E-state index contributed by atoms with van der Waals surface area (Å²) in [5.41, 5.74) is 2.72. The predicted molar refractivity (Wildman–Crippen MR) is 119 cm³/mol. The Kier molecular flexibility index (Phi) is 6.57. The van der Waals surface area contributed by atoms with Crippen LogP contribution in [0.3, 0.4) is 0 Å². The predicted octanol–water partition coefficient (Wildman–Crippen LogP) is 3.13. The number of carboxylic acid groups (broad SMARTS) is 1. The number of nitrogens with one attached hydrogen (secondary N) is 1. The number of fused-ring (bicyclic) bond motifs is 1. The first kappa shape index (κ1) is 22.4. The summed E-state index contributed by atoms with van der Waals surface area (Å²) in [6, 6.07) is 9.26. The van der Waals surface area contributed by atoms with Crippen LogP contribution in [-0.4, -0.2) is 53.4 Å². The minimum absolute atomic E-state index is 0.0791. The summed E-state index contributed by atoms with van der Waals surface area (Å²) < 4.78 is 29.9. The van der Waals surface area contributed by atoms with Crippen LogP contribution in [0.5, 0.6) is 0 Å². The van der Waals surface area contributed by atoms with Crippen molar-refractivity contribution in [1.29, 1.82) is 0 Å². The Morgan fingerprint density at radius 3 is 2.62 bits per heavy atom. The number of hydrogen-bond donors (Lipinski definition) is 2. The molecule has 32 heavy (non-hydrogen) atoms. The van der Waals surface area contributed by atoms with Gasteiger partial charge >= 0.3 is 5.97 Å². The smallest absolute Gasteiger partial charge is 0.311 e. The number of aromatic nitrogens is 3. The highest BCUT2D eigenvalue weighted by Gasteiger charge is 2.27. The van der Waals surface area contributed by atoms with E-state index in [2.05, 4.69) is 15.0 Å². The van der Waals surface area contributed by atoms with Gasteiger partial charge in [-0.2, -0.15) is 0 Å². The second-order valence-electron chi connectivity index (χ2n) is 8.19. The molecule has 0 saturated carbocycles. The Bertz CT molecular complexity index is 1200. The SMILES string of the molecule is CCS(=O)(=O)c1ccc(C(Cc2cc3cnc(CC(=O)O)nc3[nH]2)C2CCOCC2)cc1. The molecule has 0 bridgehead atoms. The molecular formula is C23H27N3O5S. The lowest BCUT2D eigenvalue weighted by molar-refractivity contribution is -0.136. The van der Waals surface area contributed by atoms with Crippen LogP contribution in [0.2, 0.25) is 0 Å². The zero-order valence-electron chi connectivity index (χ0n) is 18.0. The first-order valence-electron chi connectivity index (χ1n) is 10.8. The zero-order valence-corrected chi connectivity index (χ0v) is 18.8. The van der Waals surface area contributed by atoms with Crippen molar-refractivity contribution in [3.05, 3.63) is 53.6 Å². The lowest BCUT2D eigenvalue weighted by atomic mass is 9.78. The van der Waals surface area contributed by atoms with E-state index in [9.17, 15) is 13.2 Å². The Morgan fingerprint density at radius 2 is 1.97 bits per heavy atom. The summed E-state index contributed by atoms with van der Waals surface area (Å²) in [5, 5.41) is 9.82. The van der Waals surface area contributed by atoms with Gasteiger partial charge in [0.05, 0.1) is 10.6 Å². The van der Waals surface area contributed by atoms with Crippen molar-refractivity contribution in [2.45, 2.75) is 43.4 Å². The van der Waals surface area contributed by atoms with Crippen LogP contribution >= 0.6 is 0 Å². The third kappa shape index (κ3) is 4.99. The molecule has 0 spiro atoms. The van der Waals surface area contributed by atoms with Crippen LogP contribution in [0.4, 0.5) is 0 Å². The molecule has 0 radical (unpaired) electrons. The van der Waals surface area contributed by atoms with Crippen LogP contribution in [0.15, 0.2) is 41.4 Å². The van der Waals surface area contributed by atoms with Gasteiger partial charge in [0, 0.05) is 30.5 Å². The maximum atomic E-state index is 12.2. The summed E-state index contributed by atoms with van der Waals surface area (Å²) >= 11 is 0. The average molecular weight is 458 g/mol. The van der Waals surface area contributed by atoms with Crippen LogP contribution in [0, 0.1) is 5.92 Å². The number of rotatable bonds is 8. The molecule has 170 valence electrons. The molecule has 3 aromatic rings. The van der Waals surface area contributed by atoms with Gasteiger partial charge in [-0.1, -0.05) is 19.1 Å². The normalized spacial score (nSPS) is 16.3. The Hall–Kier alpha value is -2.78. The van der Waals surface area contributed by atoms with Gasteiger partial charge in [0.2, 0.25) is 0 Å². The second-order valence-corrected chi connectivity index (χ2v) is 10.5. The van der Waals surface area contributed by atoms with Crippen molar-refractivity contribution >= 4 is 26.8 Å². The number of hydrogen-bond acceptors (Lipinski definition) is 6. The van der Waals surface area contributed by atoms with Gasteiger partial charge in [0.1, 0.15) is 17.9 Å². The molecule has 4 rings (SSSR count). The fourth-order valence-corrected chi connectivity index (χ4v) is 5.22. The number of sulfone groups is 1.